The molecule has 0 aromatic heterocycles. The van der Waals surface area contributed by atoms with Gasteiger partial charge in [0.25, 0.3) is 5.91 Å². The number of fused-ring (bicyclic) bond motifs is 2. The summed E-state index contributed by atoms with van der Waals surface area (Å²) in [5, 5.41) is 18.6. The number of nitrogens with zero attached hydrogens (tertiary/aromatic N) is 4. The van der Waals surface area contributed by atoms with Gasteiger partial charge in [0, 0.05) is 106 Å². The van der Waals surface area contributed by atoms with Crippen molar-refractivity contribution in [2.75, 3.05) is 100 Å². The van der Waals surface area contributed by atoms with Crippen LogP contribution in [0.1, 0.15) is 84.8 Å². The number of piperazine rings is 1. The number of benzene rings is 5. The van der Waals surface area contributed by atoms with Gasteiger partial charge in [0.2, 0.25) is 23.6 Å². The number of morpholine rings is 1. The Morgan fingerprint density at radius 2 is 1.54 bits per heavy atom. The minimum Gasteiger partial charge on any atom is -0.381 e. The lowest BCUT2D eigenvalue weighted by atomic mass is 9.83. The molecule has 5 aromatic rings. The minimum atomic E-state index is -1.16. The average Bonchev–Trinajstić information content (AvgIpc) is 2.40. The van der Waals surface area contributed by atoms with Gasteiger partial charge in [0.05, 0.1) is 36.9 Å². The molecule has 17 nitrogen and oxygen atoms in total. The monoisotopic (exact) mass is 1120 g/mol. The maximum Gasteiger partial charge on any atom is 0.255 e. The molecule has 0 spiro atoms. The lowest BCUT2D eigenvalue weighted by Gasteiger charge is -2.43. The Balaban J connectivity index is 0.815. The summed E-state index contributed by atoms with van der Waals surface area (Å²) in [6.07, 6.45) is 2.02. The van der Waals surface area contributed by atoms with Crippen LogP contribution in [0.4, 0.5) is 31.5 Å². The predicted octanol–water partition coefficient (Wildman–Crippen LogP) is 6.45. The van der Waals surface area contributed by atoms with E-state index in [1.54, 1.807) is 55.3 Å². The number of likely N-dealkylation sites (N-methyl/N-ethyl adjacent to an activating group) is 1. The Hall–Kier alpha value is -6.97. The molecule has 10 rings (SSSR count). The average molecular weight is 1120 g/mol. The number of hydrogen-bond donors (Lipinski definition) is 6. The van der Waals surface area contributed by atoms with Gasteiger partial charge in [-0.2, -0.15) is 0 Å². The Labute approximate surface area is 478 Å². The molecule has 0 saturated carbocycles. The van der Waals surface area contributed by atoms with Gasteiger partial charge in [-0.15, -0.1) is 0 Å². The molecule has 5 aliphatic heterocycles. The smallest absolute Gasteiger partial charge is 0.255 e. The molecular formula is C63H76F2N10O7. The summed E-state index contributed by atoms with van der Waals surface area (Å²) in [6.45, 7) is 14.6. The van der Waals surface area contributed by atoms with Crippen molar-refractivity contribution in [2.45, 2.75) is 95.2 Å². The van der Waals surface area contributed by atoms with Gasteiger partial charge in [-0.1, -0.05) is 48.5 Å². The molecule has 434 valence electrons. The number of halogens is 2. The summed E-state index contributed by atoms with van der Waals surface area (Å²) in [5.74, 6) is -2.52. The second-order valence-electron chi connectivity index (χ2n) is 23.1. The summed E-state index contributed by atoms with van der Waals surface area (Å²) in [4.78, 5) is 79.3. The van der Waals surface area contributed by atoms with E-state index in [1.165, 1.54) is 24.3 Å². The molecule has 0 aliphatic carbocycles. The number of rotatable bonds is 18. The molecule has 5 aliphatic rings. The van der Waals surface area contributed by atoms with Gasteiger partial charge < -0.3 is 46.3 Å². The summed E-state index contributed by atoms with van der Waals surface area (Å²) >= 11 is 0. The molecule has 19 heteroatoms. The number of amides is 5. The van der Waals surface area contributed by atoms with Crippen molar-refractivity contribution >= 4 is 52.3 Å². The van der Waals surface area contributed by atoms with E-state index in [0.29, 0.717) is 75.1 Å². The molecule has 82 heavy (non-hydrogen) atoms. The highest BCUT2D eigenvalue weighted by Crippen LogP contribution is 2.43. The SMILES string of the molecule is CN[C@@H](C)C(=O)N[C@H](CN1Cc2ccccc2[C@H]1C(=O)Nc1cc(C(=O)Nc2ccc(NC(=O)C3(C)CN(C(=O)CN4C[C@@H](C)NC[C@@H]4CN4CCOC[C@H]4C)c4cc(Cc5ccc(F)cc5)ccc43)cc2)ccc1F)C1CCOCC1. The molecular weight excluding hydrogens is 1050 g/mol. The van der Waals surface area contributed by atoms with E-state index >= 15 is 4.39 Å². The Morgan fingerprint density at radius 3 is 2.28 bits per heavy atom. The number of hydrogen-bond acceptors (Lipinski definition) is 12. The Morgan fingerprint density at radius 1 is 0.805 bits per heavy atom. The zero-order valence-electron chi connectivity index (χ0n) is 47.4. The second kappa shape index (κ2) is 25.7. The van der Waals surface area contributed by atoms with E-state index in [0.717, 1.165) is 60.8 Å². The maximum atomic E-state index is 15.7. The standard InChI is InChI=1S/C63H76F2N10O7/c1-39-32-73(50(31-67-39)34-72-24-27-82-37-40(72)2)36-57(76)75-38-63(4,52-20-12-43(29-56(52)75)28-42-10-14-47(64)15-11-42)62(80)69-49-18-16-48(17-19-49)68-60(78)45-13-21-53(65)54(30-45)70-61(79)58-51-9-7-6-8-46(51)33-74(58)35-55(44-22-25-81-26-23-44)71-59(77)41(3)66-5/h6-21,29-30,39-41,44,50,55,58,66-67H,22-28,31-38H2,1-5H3,(H,68,78)(H,69,80)(H,70,79)(H,71,77)/t39-,40-,41+,50-,55-,58+,63?/m1/s1. The quantitative estimate of drug-likeness (QED) is 0.0564. The number of carbonyl (C=O) groups excluding carboxylic acids is 5. The molecule has 0 bridgehead atoms. The fourth-order valence-electron chi connectivity index (χ4n) is 12.2. The third-order valence-electron chi connectivity index (χ3n) is 17.2. The summed E-state index contributed by atoms with van der Waals surface area (Å²) in [5.41, 5.74) is 4.56. The topological polar surface area (TPSA) is 189 Å². The molecule has 6 N–H and O–H groups in total. The summed E-state index contributed by atoms with van der Waals surface area (Å²) in [6, 6.07) is 29.3. The van der Waals surface area contributed by atoms with Crippen molar-refractivity contribution in [1.82, 2.24) is 30.7 Å². The van der Waals surface area contributed by atoms with Crippen LogP contribution in [0, 0.1) is 17.6 Å². The number of nitrogens with one attached hydrogen (secondary N) is 6. The van der Waals surface area contributed by atoms with Crippen LogP contribution in [0.2, 0.25) is 0 Å². The van der Waals surface area contributed by atoms with Crippen LogP contribution < -0.4 is 36.8 Å². The van der Waals surface area contributed by atoms with Crippen LogP contribution in [0.5, 0.6) is 0 Å². The van der Waals surface area contributed by atoms with Crippen molar-refractivity contribution < 1.29 is 42.2 Å². The van der Waals surface area contributed by atoms with Crippen molar-refractivity contribution in [1.29, 1.82) is 0 Å². The third-order valence-corrected chi connectivity index (χ3v) is 17.2. The predicted molar refractivity (Wildman–Crippen MR) is 312 cm³/mol. The van der Waals surface area contributed by atoms with Gasteiger partial charge in [-0.05, 0) is 148 Å². The molecule has 3 fully saturated rings. The molecule has 7 atom stereocenters. The zero-order chi connectivity index (χ0) is 57.7. The Kier molecular flexibility index (Phi) is 18.2. The van der Waals surface area contributed by atoms with Crippen molar-refractivity contribution in [3.8, 4) is 0 Å². The zero-order valence-corrected chi connectivity index (χ0v) is 47.4. The van der Waals surface area contributed by atoms with Crippen LogP contribution in [0.15, 0.2) is 109 Å². The van der Waals surface area contributed by atoms with E-state index in [9.17, 15) is 28.4 Å². The molecule has 5 heterocycles. The van der Waals surface area contributed by atoms with E-state index in [2.05, 4.69) is 55.5 Å². The summed E-state index contributed by atoms with van der Waals surface area (Å²) in [7, 11) is 1.73. The number of carbonyl (C=O) groups is 5. The van der Waals surface area contributed by atoms with Crippen LogP contribution in [0.25, 0.3) is 0 Å². The summed E-state index contributed by atoms with van der Waals surface area (Å²) < 4.78 is 40.9. The lowest BCUT2D eigenvalue weighted by molar-refractivity contribution is -0.125. The fourth-order valence-corrected chi connectivity index (χ4v) is 12.2. The van der Waals surface area contributed by atoms with Crippen LogP contribution in [-0.4, -0.2) is 154 Å². The highest BCUT2D eigenvalue weighted by molar-refractivity contribution is 6.08. The van der Waals surface area contributed by atoms with E-state index in [4.69, 9.17) is 9.47 Å². The largest absolute Gasteiger partial charge is 0.381 e. The first kappa shape index (κ1) is 58.2. The minimum absolute atomic E-state index is 0.0895. The highest BCUT2D eigenvalue weighted by atomic mass is 19.1. The first-order valence-corrected chi connectivity index (χ1v) is 28.7. The van der Waals surface area contributed by atoms with E-state index in [-0.39, 0.29) is 78.0 Å². The van der Waals surface area contributed by atoms with Gasteiger partial charge >= 0.3 is 0 Å². The molecule has 0 radical (unpaired) electrons. The van der Waals surface area contributed by atoms with Crippen LogP contribution in [0.3, 0.4) is 0 Å². The van der Waals surface area contributed by atoms with Gasteiger partial charge in [0.1, 0.15) is 17.7 Å². The molecule has 3 saturated heterocycles. The fraction of sp³-hybridized carbons (Fsp3) is 0.444. The van der Waals surface area contributed by atoms with Gasteiger partial charge in [-0.3, -0.25) is 38.7 Å². The molecule has 1 unspecified atom stereocenters. The first-order valence-electron chi connectivity index (χ1n) is 28.7. The highest BCUT2D eigenvalue weighted by Gasteiger charge is 2.48. The van der Waals surface area contributed by atoms with E-state index < -0.39 is 35.1 Å². The second-order valence-corrected chi connectivity index (χ2v) is 23.1. The Bertz CT molecular complexity index is 3130. The normalized spacial score (nSPS) is 23.1. The lowest BCUT2D eigenvalue weighted by Crippen LogP contribution is -2.62. The molecule has 5 aromatic carbocycles. The number of ether oxygens (including phenoxy) is 2. The first-order chi connectivity index (χ1) is 39.5. The van der Waals surface area contributed by atoms with Crippen LogP contribution >= 0.6 is 0 Å². The van der Waals surface area contributed by atoms with Crippen molar-refractivity contribution in [3.63, 3.8) is 0 Å². The number of anilines is 4. The van der Waals surface area contributed by atoms with Crippen molar-refractivity contribution in [3.05, 3.63) is 154 Å². The molecule has 5 amide bonds. The van der Waals surface area contributed by atoms with Crippen LogP contribution in [-0.2, 0) is 47.0 Å². The van der Waals surface area contributed by atoms with Gasteiger partial charge in [-0.25, -0.2) is 8.78 Å². The van der Waals surface area contributed by atoms with E-state index in [1.807, 2.05) is 54.3 Å². The van der Waals surface area contributed by atoms with Gasteiger partial charge in [0.15, 0.2) is 0 Å². The third kappa shape index (κ3) is 13.3. The van der Waals surface area contributed by atoms with Crippen molar-refractivity contribution in [2.24, 2.45) is 5.92 Å². The maximum absolute atomic E-state index is 15.7.